The molecule has 82 valence electrons. The highest BCUT2D eigenvalue weighted by atomic mass is 35.5. The number of benzene rings is 1. The van der Waals surface area contributed by atoms with E-state index in [1.165, 1.54) is 0 Å². The van der Waals surface area contributed by atoms with E-state index in [9.17, 15) is 0 Å². The lowest BCUT2D eigenvalue weighted by Crippen LogP contribution is -2.25. The van der Waals surface area contributed by atoms with Crippen molar-refractivity contribution in [2.45, 2.75) is 13.8 Å². The van der Waals surface area contributed by atoms with Crippen molar-refractivity contribution >= 4 is 34.5 Å². The molecular weight excluding hydrogens is 228 g/mol. The van der Waals surface area contributed by atoms with Gasteiger partial charge >= 0.3 is 0 Å². The minimum Gasteiger partial charge on any atom is -0.389 e. The third-order valence-electron chi connectivity index (χ3n) is 2.33. The monoisotopic (exact) mass is 242 g/mol. The van der Waals surface area contributed by atoms with Crippen molar-refractivity contribution in [3.63, 3.8) is 0 Å². The fourth-order valence-electron chi connectivity index (χ4n) is 1.54. The summed E-state index contributed by atoms with van der Waals surface area (Å²) in [6.07, 6.45) is 0. The highest BCUT2D eigenvalue weighted by Crippen LogP contribution is 2.24. The van der Waals surface area contributed by atoms with E-state index in [0.29, 0.717) is 10.0 Å². The predicted molar refractivity (Wildman–Crippen MR) is 70.9 cm³/mol. The molecule has 0 radical (unpaired) electrons. The Morgan fingerprint density at radius 2 is 2.00 bits per heavy atom. The maximum absolute atomic E-state index is 5.97. The molecule has 0 aliphatic heterocycles. The molecule has 0 aromatic heterocycles. The molecule has 0 heterocycles. The van der Waals surface area contributed by atoms with Crippen LogP contribution in [0.3, 0.4) is 0 Å². The van der Waals surface area contributed by atoms with Crippen molar-refractivity contribution in [1.29, 1.82) is 0 Å². The summed E-state index contributed by atoms with van der Waals surface area (Å²) in [6.45, 7) is 6.00. The largest absolute Gasteiger partial charge is 0.389 e. The van der Waals surface area contributed by atoms with Crippen molar-refractivity contribution < 1.29 is 0 Å². The zero-order valence-electron chi connectivity index (χ0n) is 8.96. The van der Waals surface area contributed by atoms with Gasteiger partial charge < -0.3 is 10.6 Å². The zero-order valence-corrected chi connectivity index (χ0v) is 10.5. The highest BCUT2D eigenvalue weighted by Gasteiger charge is 2.10. The SMILES string of the molecule is CCN(CC)c1cc(Cl)ccc1C(N)=S. The second kappa shape index (κ2) is 5.33. The number of thiocarbonyl (C=S) groups is 1. The molecule has 0 bridgehead atoms. The van der Waals surface area contributed by atoms with Crippen molar-refractivity contribution in [2.24, 2.45) is 5.73 Å². The van der Waals surface area contributed by atoms with Crippen LogP contribution in [0.1, 0.15) is 19.4 Å². The Hall–Kier alpha value is -0.800. The van der Waals surface area contributed by atoms with E-state index in [1.54, 1.807) is 0 Å². The summed E-state index contributed by atoms with van der Waals surface area (Å²) in [7, 11) is 0. The third kappa shape index (κ3) is 2.83. The van der Waals surface area contributed by atoms with Crippen LogP contribution in [-0.2, 0) is 0 Å². The van der Waals surface area contributed by atoms with E-state index in [0.717, 1.165) is 24.3 Å². The van der Waals surface area contributed by atoms with Gasteiger partial charge in [-0.25, -0.2) is 0 Å². The van der Waals surface area contributed by atoms with E-state index < -0.39 is 0 Å². The smallest absolute Gasteiger partial charge is 0.106 e. The molecule has 15 heavy (non-hydrogen) atoms. The summed E-state index contributed by atoms with van der Waals surface area (Å²) in [5.41, 5.74) is 7.57. The fourth-order valence-corrected chi connectivity index (χ4v) is 1.88. The number of anilines is 1. The summed E-state index contributed by atoms with van der Waals surface area (Å²) in [6, 6.07) is 5.59. The molecule has 1 aromatic carbocycles. The highest BCUT2D eigenvalue weighted by molar-refractivity contribution is 7.80. The second-order valence-corrected chi connectivity index (χ2v) is 4.07. The van der Waals surface area contributed by atoms with Crippen LogP contribution in [0.5, 0.6) is 0 Å². The van der Waals surface area contributed by atoms with Crippen LogP contribution >= 0.6 is 23.8 Å². The Bertz CT molecular complexity index is 362. The molecule has 0 spiro atoms. The summed E-state index contributed by atoms with van der Waals surface area (Å²) < 4.78 is 0. The summed E-state index contributed by atoms with van der Waals surface area (Å²) in [5.74, 6) is 0. The van der Waals surface area contributed by atoms with E-state index in [1.807, 2.05) is 18.2 Å². The molecule has 0 fully saturated rings. The number of rotatable bonds is 4. The molecule has 0 unspecified atom stereocenters. The lowest BCUT2D eigenvalue weighted by atomic mass is 10.1. The van der Waals surface area contributed by atoms with Crippen LogP contribution in [-0.4, -0.2) is 18.1 Å². The first-order chi connectivity index (χ1) is 7.10. The van der Waals surface area contributed by atoms with E-state index >= 15 is 0 Å². The molecule has 1 rings (SSSR count). The van der Waals surface area contributed by atoms with Crippen LogP contribution in [0.4, 0.5) is 5.69 Å². The van der Waals surface area contributed by atoms with Crippen LogP contribution in [0.25, 0.3) is 0 Å². The van der Waals surface area contributed by atoms with Crippen molar-refractivity contribution in [3.05, 3.63) is 28.8 Å². The fraction of sp³-hybridized carbons (Fsp3) is 0.364. The average molecular weight is 243 g/mol. The average Bonchev–Trinajstić information content (AvgIpc) is 2.19. The van der Waals surface area contributed by atoms with Crippen molar-refractivity contribution in [2.75, 3.05) is 18.0 Å². The third-order valence-corrected chi connectivity index (χ3v) is 2.78. The summed E-state index contributed by atoms with van der Waals surface area (Å²) in [5, 5.41) is 0.705. The van der Waals surface area contributed by atoms with Gasteiger partial charge in [0, 0.05) is 29.4 Å². The molecule has 0 aliphatic rings. The molecule has 4 heteroatoms. The van der Waals surface area contributed by atoms with Crippen LogP contribution < -0.4 is 10.6 Å². The van der Waals surface area contributed by atoms with Gasteiger partial charge in [0.2, 0.25) is 0 Å². The van der Waals surface area contributed by atoms with Gasteiger partial charge in [0.1, 0.15) is 4.99 Å². The summed E-state index contributed by atoms with van der Waals surface area (Å²) >= 11 is 11.0. The first-order valence-corrected chi connectivity index (χ1v) is 5.73. The predicted octanol–water partition coefficient (Wildman–Crippen LogP) is 2.82. The van der Waals surface area contributed by atoms with Gasteiger partial charge in [-0.1, -0.05) is 23.8 Å². The van der Waals surface area contributed by atoms with Crippen LogP contribution in [0.2, 0.25) is 5.02 Å². The molecule has 0 amide bonds. The van der Waals surface area contributed by atoms with E-state index in [-0.39, 0.29) is 0 Å². The maximum Gasteiger partial charge on any atom is 0.106 e. The Labute approximate surface area is 101 Å². The van der Waals surface area contributed by atoms with Crippen LogP contribution in [0.15, 0.2) is 18.2 Å². The van der Waals surface area contributed by atoms with Gasteiger partial charge in [0.05, 0.1) is 0 Å². The first-order valence-electron chi connectivity index (χ1n) is 4.94. The lowest BCUT2D eigenvalue weighted by Gasteiger charge is -2.23. The molecule has 0 saturated heterocycles. The molecule has 2 nitrogen and oxygen atoms in total. The number of nitrogens with two attached hydrogens (primary N) is 1. The van der Waals surface area contributed by atoms with Gasteiger partial charge in [-0.3, -0.25) is 0 Å². The van der Waals surface area contributed by atoms with E-state index in [4.69, 9.17) is 29.6 Å². The van der Waals surface area contributed by atoms with Gasteiger partial charge in [0.15, 0.2) is 0 Å². The standard InChI is InChI=1S/C11H15ClN2S/c1-3-14(4-2)10-7-8(12)5-6-9(10)11(13)15/h5-7H,3-4H2,1-2H3,(H2,13,15). The van der Waals surface area contributed by atoms with Gasteiger partial charge in [-0.2, -0.15) is 0 Å². The molecule has 0 saturated carbocycles. The van der Waals surface area contributed by atoms with Gasteiger partial charge in [-0.15, -0.1) is 0 Å². The first kappa shape index (κ1) is 12.3. The van der Waals surface area contributed by atoms with Crippen molar-refractivity contribution in [1.82, 2.24) is 0 Å². The normalized spacial score (nSPS) is 10.1. The van der Waals surface area contributed by atoms with Gasteiger partial charge in [-0.05, 0) is 32.0 Å². The topological polar surface area (TPSA) is 29.3 Å². The molecular formula is C11H15ClN2S. The van der Waals surface area contributed by atoms with E-state index in [2.05, 4.69) is 18.7 Å². The van der Waals surface area contributed by atoms with Crippen molar-refractivity contribution in [3.8, 4) is 0 Å². The minimum absolute atomic E-state index is 0.411. The second-order valence-electron chi connectivity index (χ2n) is 3.20. The molecule has 2 N–H and O–H groups in total. The Morgan fingerprint density at radius 3 is 2.47 bits per heavy atom. The molecule has 0 aliphatic carbocycles. The van der Waals surface area contributed by atoms with Gasteiger partial charge in [0.25, 0.3) is 0 Å². The number of halogens is 1. The molecule has 1 aromatic rings. The number of hydrogen-bond acceptors (Lipinski definition) is 2. The van der Waals surface area contributed by atoms with Crippen LogP contribution in [0, 0.1) is 0 Å². The minimum atomic E-state index is 0.411. The number of hydrogen-bond donors (Lipinski definition) is 1. The number of nitrogens with zero attached hydrogens (tertiary/aromatic N) is 1. The molecule has 0 atom stereocenters. The Kier molecular flexibility index (Phi) is 4.36. The zero-order chi connectivity index (χ0) is 11.4. The quantitative estimate of drug-likeness (QED) is 0.824. The maximum atomic E-state index is 5.97. The summed E-state index contributed by atoms with van der Waals surface area (Å²) in [4.78, 5) is 2.59. The Balaban J connectivity index is 3.22. The lowest BCUT2D eigenvalue weighted by molar-refractivity contribution is 0.865. The Morgan fingerprint density at radius 1 is 1.40 bits per heavy atom.